The highest BCUT2D eigenvalue weighted by Gasteiger charge is 2.34. The first-order valence-electron chi connectivity index (χ1n) is 7.10. The van der Waals surface area contributed by atoms with E-state index < -0.39 is 0 Å². The number of rotatable bonds is 5. The second-order valence-corrected chi connectivity index (χ2v) is 7.74. The molecule has 1 atom stereocenters. The van der Waals surface area contributed by atoms with E-state index in [1.165, 1.54) is 0 Å². The highest BCUT2D eigenvalue weighted by molar-refractivity contribution is 5.82. The van der Waals surface area contributed by atoms with Gasteiger partial charge >= 0.3 is 0 Å². The lowest BCUT2D eigenvalue weighted by atomic mass is 9.86. The van der Waals surface area contributed by atoms with Crippen LogP contribution in [0.25, 0.3) is 0 Å². The van der Waals surface area contributed by atoms with Gasteiger partial charge < -0.3 is 4.90 Å². The second kappa shape index (κ2) is 6.71. The summed E-state index contributed by atoms with van der Waals surface area (Å²) < 4.78 is 0. The van der Waals surface area contributed by atoms with Crippen molar-refractivity contribution in [2.75, 3.05) is 27.2 Å². The minimum absolute atomic E-state index is 0.118. The summed E-state index contributed by atoms with van der Waals surface area (Å²) in [6.07, 6.45) is 0. The van der Waals surface area contributed by atoms with Crippen molar-refractivity contribution in [1.82, 2.24) is 15.3 Å². The normalized spacial score (nSPS) is 14.6. The van der Waals surface area contributed by atoms with Crippen LogP contribution in [0.3, 0.4) is 0 Å². The van der Waals surface area contributed by atoms with Crippen LogP contribution in [0.1, 0.15) is 48.5 Å². The van der Waals surface area contributed by atoms with Crippen molar-refractivity contribution >= 4 is 5.91 Å². The fourth-order valence-corrected chi connectivity index (χ4v) is 1.88. The summed E-state index contributed by atoms with van der Waals surface area (Å²) in [4.78, 5) is 14.0. The zero-order chi connectivity index (χ0) is 15.4. The Balaban J connectivity index is 4.95. The second-order valence-electron chi connectivity index (χ2n) is 7.74. The van der Waals surface area contributed by atoms with Crippen molar-refractivity contribution < 1.29 is 4.79 Å². The Morgan fingerprint density at radius 2 is 1.58 bits per heavy atom. The van der Waals surface area contributed by atoms with E-state index >= 15 is 0 Å². The molecule has 0 saturated heterocycles. The number of carbonyl (C=O) groups excluding carboxylic acids is 1. The first kappa shape index (κ1) is 18.4. The van der Waals surface area contributed by atoms with E-state index in [9.17, 15) is 4.79 Å². The van der Waals surface area contributed by atoms with Crippen molar-refractivity contribution in [3.63, 3.8) is 0 Å². The summed E-state index contributed by atoms with van der Waals surface area (Å²) in [6.45, 7) is 16.8. The molecule has 0 fully saturated rings. The average molecular weight is 271 g/mol. The summed E-state index contributed by atoms with van der Waals surface area (Å²) in [5.74, 6) is 0.125. The van der Waals surface area contributed by atoms with Crippen LogP contribution in [0.15, 0.2) is 0 Å². The Bertz CT molecular complexity index is 287. The highest BCUT2D eigenvalue weighted by atomic mass is 16.2. The van der Waals surface area contributed by atoms with Gasteiger partial charge in [0.05, 0.1) is 0 Å². The van der Waals surface area contributed by atoms with Gasteiger partial charge in [0.2, 0.25) is 5.91 Å². The summed E-state index contributed by atoms with van der Waals surface area (Å²) >= 11 is 0. The van der Waals surface area contributed by atoms with E-state index in [0.29, 0.717) is 0 Å². The van der Waals surface area contributed by atoms with E-state index in [-0.39, 0.29) is 22.8 Å². The van der Waals surface area contributed by atoms with Crippen molar-refractivity contribution in [1.29, 1.82) is 0 Å². The number of amides is 1. The molecule has 4 nitrogen and oxygen atoms in total. The van der Waals surface area contributed by atoms with Crippen LogP contribution in [-0.2, 0) is 4.79 Å². The summed E-state index contributed by atoms with van der Waals surface area (Å²) in [5, 5.41) is 2.15. The number of likely N-dealkylation sites (N-methyl/N-ethyl adjacent to an activating group) is 1. The van der Waals surface area contributed by atoms with Gasteiger partial charge in [0.25, 0.3) is 0 Å². The fraction of sp³-hybridized carbons (Fsp3) is 0.933. The molecule has 0 bridgehead atoms. The first-order chi connectivity index (χ1) is 8.38. The van der Waals surface area contributed by atoms with Crippen LogP contribution in [0.2, 0.25) is 0 Å². The van der Waals surface area contributed by atoms with Crippen molar-refractivity contribution in [3.05, 3.63) is 0 Å². The van der Waals surface area contributed by atoms with E-state index in [4.69, 9.17) is 0 Å². The third-order valence-electron chi connectivity index (χ3n) is 2.91. The van der Waals surface area contributed by atoms with Crippen molar-refractivity contribution in [2.45, 2.75) is 54.5 Å². The predicted molar refractivity (Wildman–Crippen MR) is 81.8 cm³/mol. The number of hydrogen-bond acceptors (Lipinski definition) is 3. The molecule has 1 amide bonds. The maximum atomic E-state index is 12.3. The predicted octanol–water partition coefficient (Wildman–Crippen LogP) is 2.36. The molecule has 0 spiro atoms. The monoisotopic (exact) mass is 271 g/mol. The molecule has 0 aliphatic rings. The molecule has 0 heterocycles. The molecule has 0 saturated carbocycles. The quantitative estimate of drug-likeness (QED) is 0.780. The number of hydrazine groups is 1. The molecular weight excluding hydrogens is 238 g/mol. The van der Waals surface area contributed by atoms with E-state index in [1.54, 1.807) is 4.90 Å². The molecule has 0 radical (unpaired) electrons. The molecular formula is C15H33N3O. The van der Waals surface area contributed by atoms with Gasteiger partial charge in [-0.05, 0) is 10.8 Å². The minimum Gasteiger partial charge on any atom is -0.347 e. The standard InChI is InChI=1S/C15H33N3O/c1-10-18(11-14(2,3)4)16-12(15(5,6)7)13(19)17(8)9/h12,16H,10-11H2,1-9H3. The largest absolute Gasteiger partial charge is 0.347 e. The van der Waals surface area contributed by atoms with Gasteiger partial charge in [-0.2, -0.15) is 0 Å². The highest BCUT2D eigenvalue weighted by Crippen LogP contribution is 2.22. The van der Waals surface area contributed by atoms with Gasteiger partial charge in [0, 0.05) is 27.2 Å². The summed E-state index contributed by atoms with van der Waals surface area (Å²) in [5.41, 5.74) is 3.51. The maximum absolute atomic E-state index is 12.3. The average Bonchev–Trinajstić information content (AvgIpc) is 2.19. The van der Waals surface area contributed by atoms with E-state index in [2.05, 4.69) is 58.9 Å². The van der Waals surface area contributed by atoms with Crippen molar-refractivity contribution in [2.24, 2.45) is 10.8 Å². The summed E-state index contributed by atoms with van der Waals surface area (Å²) in [6, 6.07) is -0.204. The van der Waals surface area contributed by atoms with E-state index in [0.717, 1.165) is 13.1 Å². The molecule has 0 aliphatic heterocycles. The van der Waals surface area contributed by atoms with Crippen LogP contribution in [0.4, 0.5) is 0 Å². The molecule has 0 aliphatic carbocycles. The van der Waals surface area contributed by atoms with Crippen LogP contribution >= 0.6 is 0 Å². The van der Waals surface area contributed by atoms with Crippen LogP contribution in [-0.4, -0.2) is 49.0 Å². The molecule has 0 aromatic carbocycles. The van der Waals surface area contributed by atoms with Gasteiger partial charge in [-0.3, -0.25) is 4.79 Å². The zero-order valence-electron chi connectivity index (χ0n) is 14.3. The summed E-state index contributed by atoms with van der Waals surface area (Å²) in [7, 11) is 3.62. The molecule has 0 rings (SSSR count). The van der Waals surface area contributed by atoms with Crippen LogP contribution < -0.4 is 5.43 Å². The molecule has 1 N–H and O–H groups in total. The number of nitrogens with zero attached hydrogens (tertiary/aromatic N) is 2. The minimum atomic E-state index is -0.204. The molecule has 4 heteroatoms. The Morgan fingerprint density at radius 1 is 1.11 bits per heavy atom. The van der Waals surface area contributed by atoms with Gasteiger partial charge in [0.15, 0.2) is 0 Å². The Morgan fingerprint density at radius 3 is 1.84 bits per heavy atom. The number of nitrogens with one attached hydrogen (secondary N) is 1. The lowest BCUT2D eigenvalue weighted by Crippen LogP contribution is -2.58. The molecule has 0 aromatic heterocycles. The molecule has 19 heavy (non-hydrogen) atoms. The smallest absolute Gasteiger partial charge is 0.241 e. The van der Waals surface area contributed by atoms with Gasteiger partial charge in [-0.15, -0.1) is 0 Å². The lowest BCUT2D eigenvalue weighted by Gasteiger charge is -2.38. The molecule has 114 valence electrons. The van der Waals surface area contributed by atoms with Gasteiger partial charge in [-0.25, -0.2) is 10.4 Å². The zero-order valence-corrected chi connectivity index (χ0v) is 14.3. The first-order valence-corrected chi connectivity index (χ1v) is 7.10. The van der Waals surface area contributed by atoms with Gasteiger partial charge in [0.1, 0.15) is 6.04 Å². The van der Waals surface area contributed by atoms with E-state index in [1.807, 2.05) is 14.1 Å². The van der Waals surface area contributed by atoms with Crippen LogP contribution in [0.5, 0.6) is 0 Å². The van der Waals surface area contributed by atoms with Crippen LogP contribution in [0, 0.1) is 10.8 Å². The Labute approximate surface area is 119 Å². The Kier molecular flexibility index (Phi) is 6.49. The Hall–Kier alpha value is -0.610. The number of hydrogen-bond donors (Lipinski definition) is 1. The third kappa shape index (κ3) is 6.92. The fourth-order valence-electron chi connectivity index (χ4n) is 1.88. The topological polar surface area (TPSA) is 35.6 Å². The van der Waals surface area contributed by atoms with Gasteiger partial charge in [-0.1, -0.05) is 48.5 Å². The molecule has 0 aromatic rings. The number of carbonyl (C=O) groups is 1. The third-order valence-corrected chi connectivity index (χ3v) is 2.91. The van der Waals surface area contributed by atoms with Crippen molar-refractivity contribution in [3.8, 4) is 0 Å². The SMILES string of the molecule is CCN(CC(C)(C)C)NC(C(=O)N(C)C)C(C)(C)C. The lowest BCUT2D eigenvalue weighted by molar-refractivity contribution is -0.136. The maximum Gasteiger partial charge on any atom is 0.241 e. The molecule has 1 unspecified atom stereocenters.